The first-order valence-electron chi connectivity index (χ1n) is 6.45. The van der Waals surface area contributed by atoms with Crippen molar-refractivity contribution in [2.24, 2.45) is 0 Å². The molecule has 0 spiro atoms. The maximum atomic E-state index is 10.8. The molecule has 0 aliphatic carbocycles. The largest absolute Gasteiger partial charge is 0.383 e. The molecule has 0 aliphatic heterocycles. The topological polar surface area (TPSA) is 29.5 Å². The van der Waals surface area contributed by atoms with Gasteiger partial charge in [-0.3, -0.25) is 4.79 Å². The summed E-state index contributed by atoms with van der Waals surface area (Å²) < 4.78 is 5.18. The van der Waals surface area contributed by atoms with Gasteiger partial charge >= 0.3 is 0 Å². The number of methoxy groups -OCH3 is 1. The van der Waals surface area contributed by atoms with Crippen LogP contribution in [0.5, 0.6) is 0 Å². The van der Waals surface area contributed by atoms with E-state index < -0.39 is 0 Å². The quantitative estimate of drug-likeness (QED) is 0.696. The van der Waals surface area contributed by atoms with E-state index in [9.17, 15) is 4.79 Å². The molecule has 0 fully saturated rings. The third-order valence-electron chi connectivity index (χ3n) is 3.33. The minimum absolute atomic E-state index is 0.459. The fraction of sp³-hybridized carbons (Fsp3) is 0.533. The molecule has 3 heteroatoms. The van der Waals surface area contributed by atoms with Gasteiger partial charge in [0.2, 0.25) is 0 Å². The summed E-state index contributed by atoms with van der Waals surface area (Å²) in [4.78, 5) is 13.1. The standard InChI is InChI=1S/C15H23NO2/c1-5-13(3)16(8-9-18-4)15-7-6-14(11-17)10-12(15)2/h6-7,10-11,13H,5,8-9H2,1-4H3. The van der Waals surface area contributed by atoms with Crippen LogP contribution in [-0.2, 0) is 4.74 Å². The summed E-state index contributed by atoms with van der Waals surface area (Å²) in [5, 5.41) is 0. The summed E-state index contributed by atoms with van der Waals surface area (Å²) in [5.74, 6) is 0. The summed E-state index contributed by atoms with van der Waals surface area (Å²) in [7, 11) is 1.72. The molecule has 0 saturated heterocycles. The highest BCUT2D eigenvalue weighted by Crippen LogP contribution is 2.23. The lowest BCUT2D eigenvalue weighted by molar-refractivity contribution is 0.112. The SMILES string of the molecule is CCC(C)N(CCOC)c1ccc(C=O)cc1C. The van der Waals surface area contributed by atoms with Crippen LogP contribution in [0, 0.1) is 6.92 Å². The minimum Gasteiger partial charge on any atom is -0.383 e. The van der Waals surface area contributed by atoms with Crippen molar-refractivity contribution < 1.29 is 9.53 Å². The summed E-state index contributed by atoms with van der Waals surface area (Å²) in [6.07, 6.45) is 1.97. The van der Waals surface area contributed by atoms with E-state index in [1.165, 1.54) is 5.69 Å². The molecule has 1 unspecified atom stereocenters. The molecule has 0 radical (unpaired) electrons. The van der Waals surface area contributed by atoms with Gasteiger partial charge in [-0.05, 0) is 44.0 Å². The first kappa shape index (κ1) is 14.7. The first-order chi connectivity index (χ1) is 8.63. The van der Waals surface area contributed by atoms with Crippen LogP contribution in [0.15, 0.2) is 18.2 Å². The van der Waals surface area contributed by atoms with Crippen LogP contribution in [0.3, 0.4) is 0 Å². The van der Waals surface area contributed by atoms with Crippen molar-refractivity contribution >= 4 is 12.0 Å². The highest BCUT2D eigenvalue weighted by molar-refractivity contribution is 5.77. The molecule has 1 aromatic rings. The Kier molecular flexibility index (Phi) is 5.86. The van der Waals surface area contributed by atoms with E-state index >= 15 is 0 Å². The summed E-state index contributed by atoms with van der Waals surface area (Å²) in [6, 6.07) is 6.30. The summed E-state index contributed by atoms with van der Waals surface area (Å²) in [6.45, 7) is 8.01. The van der Waals surface area contributed by atoms with Crippen molar-refractivity contribution in [2.75, 3.05) is 25.2 Å². The molecule has 1 rings (SSSR count). The van der Waals surface area contributed by atoms with Crippen LogP contribution >= 0.6 is 0 Å². The summed E-state index contributed by atoms with van der Waals surface area (Å²) >= 11 is 0. The monoisotopic (exact) mass is 249 g/mol. The lowest BCUT2D eigenvalue weighted by Crippen LogP contribution is -2.35. The number of nitrogens with zero attached hydrogens (tertiary/aromatic N) is 1. The Labute approximate surface area is 110 Å². The second-order valence-electron chi connectivity index (χ2n) is 4.61. The Balaban J connectivity index is 3.00. The van der Waals surface area contributed by atoms with Gasteiger partial charge in [-0.2, -0.15) is 0 Å². The Bertz CT molecular complexity index is 390. The average molecular weight is 249 g/mol. The van der Waals surface area contributed by atoms with Gasteiger partial charge in [0.15, 0.2) is 0 Å². The zero-order chi connectivity index (χ0) is 13.5. The van der Waals surface area contributed by atoms with Gasteiger partial charge < -0.3 is 9.64 Å². The number of carbonyl (C=O) groups is 1. The second-order valence-corrected chi connectivity index (χ2v) is 4.61. The number of rotatable bonds is 7. The van der Waals surface area contributed by atoms with Gasteiger partial charge in [0.05, 0.1) is 6.61 Å². The lowest BCUT2D eigenvalue weighted by atomic mass is 10.1. The van der Waals surface area contributed by atoms with Crippen molar-refractivity contribution in [3.63, 3.8) is 0 Å². The third kappa shape index (κ3) is 3.57. The molecule has 0 bridgehead atoms. The second kappa shape index (κ2) is 7.17. The Morgan fingerprint density at radius 1 is 1.44 bits per heavy atom. The maximum absolute atomic E-state index is 10.8. The van der Waals surface area contributed by atoms with Gasteiger partial charge in [0.1, 0.15) is 6.29 Å². The molecule has 0 N–H and O–H groups in total. The molecule has 0 aromatic heterocycles. The zero-order valence-electron chi connectivity index (χ0n) is 11.8. The highest BCUT2D eigenvalue weighted by atomic mass is 16.5. The Hall–Kier alpha value is -1.35. The van der Waals surface area contributed by atoms with Crippen molar-refractivity contribution in [3.05, 3.63) is 29.3 Å². The number of ether oxygens (including phenoxy) is 1. The molecule has 100 valence electrons. The maximum Gasteiger partial charge on any atom is 0.150 e. The smallest absolute Gasteiger partial charge is 0.150 e. The van der Waals surface area contributed by atoms with Crippen LogP contribution in [-0.4, -0.2) is 32.6 Å². The molecule has 18 heavy (non-hydrogen) atoms. The molecule has 0 amide bonds. The van der Waals surface area contributed by atoms with E-state index in [2.05, 4.69) is 18.7 Å². The van der Waals surface area contributed by atoms with E-state index in [-0.39, 0.29) is 0 Å². The number of benzene rings is 1. The lowest BCUT2D eigenvalue weighted by Gasteiger charge is -2.32. The van der Waals surface area contributed by atoms with Crippen molar-refractivity contribution in [3.8, 4) is 0 Å². The number of aldehydes is 1. The molecule has 0 heterocycles. The van der Waals surface area contributed by atoms with Gasteiger partial charge in [-0.15, -0.1) is 0 Å². The molecule has 0 saturated carbocycles. The predicted molar refractivity (Wildman–Crippen MR) is 75.5 cm³/mol. The Morgan fingerprint density at radius 2 is 2.17 bits per heavy atom. The molecular weight excluding hydrogens is 226 g/mol. The Morgan fingerprint density at radius 3 is 2.67 bits per heavy atom. The molecule has 0 aliphatic rings. The van der Waals surface area contributed by atoms with Crippen LogP contribution in [0.4, 0.5) is 5.69 Å². The van der Waals surface area contributed by atoms with Crippen LogP contribution in [0.25, 0.3) is 0 Å². The third-order valence-corrected chi connectivity index (χ3v) is 3.33. The van der Waals surface area contributed by atoms with Gasteiger partial charge in [0.25, 0.3) is 0 Å². The van der Waals surface area contributed by atoms with E-state index in [1.54, 1.807) is 7.11 Å². The normalized spacial score (nSPS) is 12.2. The predicted octanol–water partition coefficient (Wildman–Crippen LogP) is 3.06. The fourth-order valence-electron chi connectivity index (χ4n) is 2.06. The van der Waals surface area contributed by atoms with Crippen LogP contribution < -0.4 is 4.90 Å². The van der Waals surface area contributed by atoms with Gasteiger partial charge in [-0.25, -0.2) is 0 Å². The first-order valence-corrected chi connectivity index (χ1v) is 6.45. The number of hydrogen-bond acceptors (Lipinski definition) is 3. The van der Waals surface area contributed by atoms with Gasteiger partial charge in [0, 0.05) is 30.9 Å². The average Bonchev–Trinajstić information content (AvgIpc) is 2.39. The number of aryl methyl sites for hydroxylation is 1. The number of carbonyl (C=O) groups excluding carboxylic acids is 1. The molecule has 1 aromatic carbocycles. The van der Waals surface area contributed by atoms with E-state index in [4.69, 9.17) is 4.74 Å². The van der Waals surface area contributed by atoms with Crippen molar-refractivity contribution in [2.45, 2.75) is 33.2 Å². The minimum atomic E-state index is 0.459. The van der Waals surface area contributed by atoms with E-state index in [0.29, 0.717) is 12.6 Å². The van der Waals surface area contributed by atoms with E-state index in [1.807, 2.05) is 25.1 Å². The van der Waals surface area contributed by atoms with Crippen molar-refractivity contribution in [1.29, 1.82) is 0 Å². The molecular formula is C15H23NO2. The zero-order valence-corrected chi connectivity index (χ0v) is 11.8. The molecule has 1 atom stereocenters. The van der Waals surface area contributed by atoms with Crippen molar-refractivity contribution in [1.82, 2.24) is 0 Å². The van der Waals surface area contributed by atoms with Crippen LogP contribution in [0.2, 0.25) is 0 Å². The van der Waals surface area contributed by atoms with Crippen LogP contribution in [0.1, 0.15) is 36.2 Å². The summed E-state index contributed by atoms with van der Waals surface area (Å²) in [5.41, 5.74) is 3.05. The number of hydrogen-bond donors (Lipinski definition) is 0. The fourth-order valence-corrected chi connectivity index (χ4v) is 2.06. The van der Waals surface area contributed by atoms with E-state index in [0.717, 1.165) is 30.4 Å². The van der Waals surface area contributed by atoms with Gasteiger partial charge in [-0.1, -0.05) is 6.92 Å². The molecule has 3 nitrogen and oxygen atoms in total. The highest BCUT2D eigenvalue weighted by Gasteiger charge is 2.14. The number of anilines is 1.